The SMILES string of the molecule is CCc1ccc([C@@H](NS(=O)(=O)c2cccc(C#N)c2)c2cccs2)cc1. The van der Waals surface area contributed by atoms with Crippen molar-refractivity contribution >= 4 is 21.4 Å². The fourth-order valence-corrected chi connectivity index (χ4v) is 4.77. The number of nitriles is 1. The molecule has 0 aliphatic heterocycles. The van der Waals surface area contributed by atoms with E-state index in [1.54, 1.807) is 12.1 Å². The molecular formula is C20H18N2O2S2. The van der Waals surface area contributed by atoms with Crippen LogP contribution in [0.3, 0.4) is 0 Å². The Morgan fingerprint density at radius 2 is 1.88 bits per heavy atom. The highest BCUT2D eigenvalue weighted by atomic mass is 32.2. The van der Waals surface area contributed by atoms with E-state index in [1.807, 2.05) is 47.8 Å². The van der Waals surface area contributed by atoms with E-state index in [4.69, 9.17) is 5.26 Å². The first-order chi connectivity index (χ1) is 12.5. The summed E-state index contributed by atoms with van der Waals surface area (Å²) in [4.78, 5) is 0.998. The van der Waals surface area contributed by atoms with Crippen LogP contribution in [-0.2, 0) is 16.4 Å². The number of nitrogens with zero attached hydrogens (tertiary/aromatic N) is 1. The quantitative estimate of drug-likeness (QED) is 0.693. The third-order valence-corrected chi connectivity index (χ3v) is 6.45. The predicted octanol–water partition coefficient (Wildman–Crippen LogP) is 4.25. The molecule has 0 fully saturated rings. The maximum Gasteiger partial charge on any atom is 0.241 e. The highest BCUT2D eigenvalue weighted by Crippen LogP contribution is 2.28. The van der Waals surface area contributed by atoms with Crippen molar-refractivity contribution < 1.29 is 8.42 Å². The maximum absolute atomic E-state index is 12.9. The number of sulfonamides is 1. The number of nitrogens with one attached hydrogen (secondary N) is 1. The van der Waals surface area contributed by atoms with Crippen molar-refractivity contribution in [3.63, 3.8) is 0 Å². The van der Waals surface area contributed by atoms with Crippen LogP contribution in [0.4, 0.5) is 0 Å². The summed E-state index contributed by atoms with van der Waals surface area (Å²) in [7, 11) is -3.78. The van der Waals surface area contributed by atoms with Gasteiger partial charge in [-0.05, 0) is 47.2 Å². The molecule has 1 heterocycles. The third-order valence-electron chi connectivity index (χ3n) is 4.10. The van der Waals surface area contributed by atoms with Crippen molar-refractivity contribution in [2.45, 2.75) is 24.3 Å². The Kier molecular flexibility index (Phi) is 5.52. The van der Waals surface area contributed by atoms with Gasteiger partial charge in [0.05, 0.1) is 22.6 Å². The third kappa shape index (κ3) is 4.02. The van der Waals surface area contributed by atoms with E-state index in [2.05, 4.69) is 11.6 Å². The van der Waals surface area contributed by atoms with E-state index in [-0.39, 0.29) is 4.90 Å². The van der Waals surface area contributed by atoms with Crippen molar-refractivity contribution in [3.8, 4) is 6.07 Å². The van der Waals surface area contributed by atoms with Crippen LogP contribution in [-0.4, -0.2) is 8.42 Å². The zero-order valence-electron chi connectivity index (χ0n) is 14.2. The van der Waals surface area contributed by atoms with Crippen LogP contribution in [0.2, 0.25) is 0 Å². The van der Waals surface area contributed by atoms with Gasteiger partial charge in [-0.15, -0.1) is 11.3 Å². The van der Waals surface area contributed by atoms with E-state index in [0.717, 1.165) is 16.9 Å². The normalized spacial score (nSPS) is 12.5. The van der Waals surface area contributed by atoms with Gasteiger partial charge in [0.15, 0.2) is 0 Å². The first kappa shape index (κ1) is 18.3. The van der Waals surface area contributed by atoms with E-state index < -0.39 is 16.1 Å². The second kappa shape index (κ2) is 7.83. The Balaban J connectivity index is 1.98. The summed E-state index contributed by atoms with van der Waals surface area (Å²) in [5.41, 5.74) is 2.39. The van der Waals surface area contributed by atoms with Crippen LogP contribution in [0.1, 0.15) is 34.5 Å². The van der Waals surface area contributed by atoms with E-state index in [0.29, 0.717) is 5.56 Å². The molecule has 1 atom stereocenters. The minimum Gasteiger partial charge on any atom is -0.207 e. The van der Waals surface area contributed by atoms with E-state index in [1.165, 1.54) is 29.0 Å². The lowest BCUT2D eigenvalue weighted by Gasteiger charge is -2.19. The van der Waals surface area contributed by atoms with Crippen molar-refractivity contribution in [1.29, 1.82) is 5.26 Å². The molecule has 3 rings (SSSR count). The Bertz CT molecular complexity index is 1020. The molecule has 0 aliphatic rings. The molecule has 3 aromatic rings. The summed E-state index contributed by atoms with van der Waals surface area (Å²) in [5, 5.41) is 10.9. The molecule has 0 unspecified atom stereocenters. The molecule has 1 aromatic heterocycles. The summed E-state index contributed by atoms with van der Waals surface area (Å²) in [6, 6.07) is 19.3. The molecule has 0 saturated carbocycles. The molecule has 0 radical (unpaired) electrons. The molecule has 6 heteroatoms. The Labute approximate surface area is 157 Å². The topological polar surface area (TPSA) is 70.0 Å². The standard InChI is InChI=1S/C20H18N2O2S2/c1-2-15-8-10-17(11-9-15)20(19-7-4-12-25-19)22-26(23,24)18-6-3-5-16(13-18)14-21/h3-13,20,22H,2H2,1H3/t20-/m1/s1. The smallest absolute Gasteiger partial charge is 0.207 e. The number of thiophene rings is 1. The fourth-order valence-electron chi connectivity index (χ4n) is 2.65. The average Bonchev–Trinajstić information content (AvgIpc) is 3.21. The molecule has 0 saturated heterocycles. The molecule has 0 aliphatic carbocycles. The Hall–Kier alpha value is -2.46. The van der Waals surface area contributed by atoms with Crippen molar-refractivity contribution in [1.82, 2.24) is 4.72 Å². The van der Waals surface area contributed by atoms with E-state index in [9.17, 15) is 8.42 Å². The average molecular weight is 383 g/mol. The minimum absolute atomic E-state index is 0.0864. The van der Waals surface area contributed by atoms with Gasteiger partial charge < -0.3 is 0 Å². The highest BCUT2D eigenvalue weighted by molar-refractivity contribution is 7.89. The summed E-state index contributed by atoms with van der Waals surface area (Å²) < 4.78 is 28.6. The second-order valence-electron chi connectivity index (χ2n) is 5.80. The Morgan fingerprint density at radius 3 is 2.50 bits per heavy atom. The molecule has 26 heavy (non-hydrogen) atoms. The maximum atomic E-state index is 12.9. The lowest BCUT2D eigenvalue weighted by Crippen LogP contribution is -2.29. The van der Waals surface area contributed by atoms with Gasteiger partial charge in [-0.2, -0.15) is 9.98 Å². The van der Waals surface area contributed by atoms with Gasteiger partial charge in [-0.25, -0.2) is 8.42 Å². The molecule has 0 amide bonds. The monoisotopic (exact) mass is 382 g/mol. The molecule has 4 nitrogen and oxygen atoms in total. The van der Waals surface area contributed by atoms with Gasteiger partial charge in [-0.3, -0.25) is 0 Å². The second-order valence-corrected chi connectivity index (χ2v) is 8.50. The molecule has 132 valence electrons. The van der Waals surface area contributed by atoms with Gasteiger partial charge in [0.1, 0.15) is 0 Å². The van der Waals surface area contributed by atoms with Gasteiger partial charge in [0.2, 0.25) is 10.0 Å². The summed E-state index contributed by atoms with van der Waals surface area (Å²) >= 11 is 1.50. The number of aryl methyl sites for hydroxylation is 1. The number of hydrogen-bond acceptors (Lipinski definition) is 4. The van der Waals surface area contributed by atoms with Gasteiger partial charge in [0.25, 0.3) is 0 Å². The van der Waals surface area contributed by atoms with Crippen LogP contribution in [0.5, 0.6) is 0 Å². The van der Waals surface area contributed by atoms with Crippen molar-refractivity contribution in [2.24, 2.45) is 0 Å². The van der Waals surface area contributed by atoms with Gasteiger partial charge >= 0.3 is 0 Å². The molecule has 2 aromatic carbocycles. The zero-order chi connectivity index (χ0) is 18.6. The first-order valence-corrected chi connectivity index (χ1v) is 10.5. The van der Waals surface area contributed by atoms with Crippen molar-refractivity contribution in [3.05, 3.63) is 87.6 Å². The molecule has 0 bridgehead atoms. The van der Waals surface area contributed by atoms with Crippen molar-refractivity contribution in [2.75, 3.05) is 0 Å². The lowest BCUT2D eigenvalue weighted by molar-refractivity contribution is 0.573. The van der Waals surface area contributed by atoms with Gasteiger partial charge in [-0.1, -0.05) is 43.3 Å². The van der Waals surface area contributed by atoms with Gasteiger partial charge in [0, 0.05) is 4.88 Å². The highest BCUT2D eigenvalue weighted by Gasteiger charge is 2.24. The summed E-state index contributed by atoms with van der Waals surface area (Å²) in [6.45, 7) is 2.08. The van der Waals surface area contributed by atoms with Crippen LogP contribution in [0.15, 0.2) is 70.9 Å². The van der Waals surface area contributed by atoms with Crippen LogP contribution in [0.25, 0.3) is 0 Å². The first-order valence-electron chi connectivity index (χ1n) is 8.18. The minimum atomic E-state index is -3.78. The molecule has 1 N–H and O–H groups in total. The summed E-state index contributed by atoms with van der Waals surface area (Å²) in [6.07, 6.45) is 0.927. The molecular weight excluding hydrogens is 364 g/mol. The van der Waals surface area contributed by atoms with Crippen LogP contribution in [0, 0.1) is 11.3 Å². The molecule has 0 spiro atoms. The van der Waals surface area contributed by atoms with E-state index >= 15 is 0 Å². The Morgan fingerprint density at radius 1 is 1.12 bits per heavy atom. The number of rotatable bonds is 6. The van der Waals surface area contributed by atoms with Crippen LogP contribution < -0.4 is 4.72 Å². The largest absolute Gasteiger partial charge is 0.241 e. The summed E-state index contributed by atoms with van der Waals surface area (Å²) in [5.74, 6) is 0. The predicted molar refractivity (Wildman–Crippen MR) is 103 cm³/mol. The fraction of sp³-hybridized carbons (Fsp3) is 0.150. The lowest BCUT2D eigenvalue weighted by atomic mass is 10.0. The van der Waals surface area contributed by atoms with Crippen LogP contribution >= 0.6 is 11.3 Å². The number of benzene rings is 2. The zero-order valence-corrected chi connectivity index (χ0v) is 15.8. The number of hydrogen-bond donors (Lipinski definition) is 1.